The van der Waals surface area contributed by atoms with Crippen LogP contribution in [0.15, 0.2) is 48.5 Å². The molecule has 2 amide bonds. The molecule has 0 spiro atoms. The average molecular weight is 452 g/mol. The molecule has 168 valence electrons. The van der Waals surface area contributed by atoms with Gasteiger partial charge in [0.2, 0.25) is 5.91 Å². The maximum atomic E-state index is 13.8. The molecule has 2 heterocycles. The third kappa shape index (κ3) is 4.63. The van der Waals surface area contributed by atoms with Crippen LogP contribution in [0.1, 0.15) is 45.1 Å². The van der Waals surface area contributed by atoms with Crippen LogP contribution < -0.4 is 4.90 Å². The number of fused-ring (bicyclic) bond motifs is 1. The van der Waals surface area contributed by atoms with E-state index in [1.54, 1.807) is 16.7 Å². The maximum absolute atomic E-state index is 13.8. The number of carbonyl (C=O) groups is 2. The lowest BCUT2D eigenvalue weighted by atomic mass is 9.95. The molecule has 0 saturated carbocycles. The van der Waals surface area contributed by atoms with Crippen LogP contribution in [0.4, 0.5) is 15.6 Å². The summed E-state index contributed by atoms with van der Waals surface area (Å²) in [5.74, 6) is 0.283. The van der Waals surface area contributed by atoms with Crippen LogP contribution in [-0.2, 0) is 9.53 Å². The number of carbonyl (C=O) groups excluding carboxylic acids is 2. The molecule has 1 aromatic heterocycles. The Morgan fingerprint density at radius 1 is 1.12 bits per heavy atom. The molecule has 3 aromatic rings. The Kier molecular flexibility index (Phi) is 6.74. The van der Waals surface area contributed by atoms with Gasteiger partial charge in [0, 0.05) is 19.0 Å². The topological polar surface area (TPSA) is 62.7 Å². The van der Waals surface area contributed by atoms with Crippen molar-refractivity contribution in [1.29, 1.82) is 0 Å². The number of hydrogen-bond donors (Lipinski definition) is 0. The molecule has 6 nitrogen and oxygen atoms in total. The standard InChI is InChI=1S/C25H29N3O3S/c1-4-31-25(30)27-15-13-19(14-16-27)23(29)28(20-11-9-18(10-12-20)17(2)3)24-26-21-7-5-6-8-22(21)32-24/h5-12,17,19H,4,13-16H2,1-3H3. The predicted molar refractivity (Wildman–Crippen MR) is 129 cm³/mol. The van der Waals surface area contributed by atoms with Crippen LogP contribution in [0.5, 0.6) is 0 Å². The Hall–Kier alpha value is -2.93. The van der Waals surface area contributed by atoms with Crippen molar-refractivity contribution in [2.75, 3.05) is 24.6 Å². The van der Waals surface area contributed by atoms with E-state index in [4.69, 9.17) is 9.72 Å². The van der Waals surface area contributed by atoms with Crippen molar-refractivity contribution < 1.29 is 14.3 Å². The zero-order valence-electron chi connectivity index (χ0n) is 18.8. The van der Waals surface area contributed by atoms with Gasteiger partial charge >= 0.3 is 6.09 Å². The van der Waals surface area contributed by atoms with Crippen molar-refractivity contribution in [3.63, 3.8) is 0 Å². The summed E-state index contributed by atoms with van der Waals surface area (Å²) in [5, 5.41) is 0.682. The number of ether oxygens (including phenoxy) is 1. The normalized spacial score (nSPS) is 14.7. The van der Waals surface area contributed by atoms with Gasteiger partial charge in [0.05, 0.1) is 22.5 Å². The summed E-state index contributed by atoms with van der Waals surface area (Å²) >= 11 is 1.52. The quantitative estimate of drug-likeness (QED) is 0.481. The summed E-state index contributed by atoms with van der Waals surface area (Å²) in [6.45, 7) is 7.51. The van der Waals surface area contributed by atoms with E-state index in [0.717, 1.165) is 15.9 Å². The van der Waals surface area contributed by atoms with E-state index >= 15 is 0 Å². The lowest BCUT2D eigenvalue weighted by Gasteiger charge is -2.33. The Morgan fingerprint density at radius 2 is 1.81 bits per heavy atom. The highest BCUT2D eigenvalue weighted by atomic mass is 32.1. The van der Waals surface area contributed by atoms with E-state index in [-0.39, 0.29) is 17.9 Å². The Morgan fingerprint density at radius 3 is 2.44 bits per heavy atom. The highest BCUT2D eigenvalue weighted by molar-refractivity contribution is 7.22. The van der Waals surface area contributed by atoms with Crippen molar-refractivity contribution in [3.05, 3.63) is 54.1 Å². The molecule has 1 aliphatic heterocycles. The summed E-state index contributed by atoms with van der Waals surface area (Å²) in [6.07, 6.45) is 0.928. The molecule has 0 N–H and O–H groups in total. The summed E-state index contributed by atoms with van der Waals surface area (Å²) < 4.78 is 6.16. The zero-order valence-corrected chi connectivity index (χ0v) is 19.6. The minimum absolute atomic E-state index is 0.0323. The highest BCUT2D eigenvalue weighted by Gasteiger charge is 2.33. The Labute approximate surface area is 192 Å². The Balaban J connectivity index is 1.62. The fourth-order valence-corrected chi connectivity index (χ4v) is 4.99. The summed E-state index contributed by atoms with van der Waals surface area (Å²) in [6, 6.07) is 16.1. The number of piperidine rings is 1. The van der Waals surface area contributed by atoms with Gasteiger partial charge in [-0.2, -0.15) is 0 Å². The lowest BCUT2D eigenvalue weighted by Crippen LogP contribution is -2.43. The van der Waals surface area contributed by atoms with Crippen molar-refractivity contribution in [1.82, 2.24) is 9.88 Å². The largest absolute Gasteiger partial charge is 0.450 e. The minimum atomic E-state index is -0.300. The highest BCUT2D eigenvalue weighted by Crippen LogP contribution is 2.36. The van der Waals surface area contributed by atoms with Crippen LogP contribution in [0.2, 0.25) is 0 Å². The predicted octanol–water partition coefficient (Wildman–Crippen LogP) is 5.95. The number of aromatic nitrogens is 1. The molecule has 1 saturated heterocycles. The molecule has 7 heteroatoms. The summed E-state index contributed by atoms with van der Waals surface area (Å²) in [5.41, 5.74) is 2.95. The zero-order chi connectivity index (χ0) is 22.7. The fourth-order valence-electron chi connectivity index (χ4n) is 4.00. The molecule has 0 radical (unpaired) electrons. The summed E-state index contributed by atoms with van der Waals surface area (Å²) in [4.78, 5) is 34.0. The minimum Gasteiger partial charge on any atom is -0.450 e. The number of anilines is 2. The molecule has 2 aromatic carbocycles. The SMILES string of the molecule is CCOC(=O)N1CCC(C(=O)N(c2ccc(C(C)C)cc2)c2nc3ccccc3s2)CC1. The van der Waals surface area contributed by atoms with Gasteiger partial charge in [-0.3, -0.25) is 9.69 Å². The second-order valence-corrected chi connectivity index (χ2v) is 9.35. The van der Waals surface area contributed by atoms with Crippen LogP contribution in [0, 0.1) is 5.92 Å². The third-order valence-corrected chi connectivity index (χ3v) is 6.90. The monoisotopic (exact) mass is 451 g/mol. The van der Waals surface area contributed by atoms with Crippen molar-refractivity contribution in [2.24, 2.45) is 5.92 Å². The lowest BCUT2D eigenvalue weighted by molar-refractivity contribution is -0.123. The van der Waals surface area contributed by atoms with E-state index in [1.807, 2.05) is 36.4 Å². The van der Waals surface area contributed by atoms with Gasteiger partial charge in [-0.05, 0) is 55.5 Å². The van der Waals surface area contributed by atoms with Crippen molar-refractivity contribution in [2.45, 2.75) is 39.5 Å². The van der Waals surface area contributed by atoms with E-state index < -0.39 is 0 Å². The van der Waals surface area contributed by atoms with Gasteiger partial charge in [-0.15, -0.1) is 0 Å². The van der Waals surface area contributed by atoms with Crippen molar-refractivity contribution >= 4 is 44.4 Å². The number of amides is 2. The van der Waals surface area contributed by atoms with Crippen molar-refractivity contribution in [3.8, 4) is 0 Å². The first-order chi connectivity index (χ1) is 15.5. The van der Waals surface area contributed by atoms with Crippen LogP contribution in [0.25, 0.3) is 10.2 Å². The van der Waals surface area contributed by atoms with Gasteiger partial charge in [0.15, 0.2) is 5.13 Å². The first kappa shape index (κ1) is 22.3. The van der Waals surface area contributed by atoms with E-state index in [0.29, 0.717) is 43.6 Å². The molecule has 4 rings (SSSR count). The summed E-state index contributed by atoms with van der Waals surface area (Å²) in [7, 11) is 0. The van der Waals surface area contributed by atoms with Gasteiger partial charge < -0.3 is 9.64 Å². The second kappa shape index (κ2) is 9.69. The van der Waals surface area contributed by atoms with Crippen LogP contribution in [-0.4, -0.2) is 41.6 Å². The number of benzene rings is 2. The molecule has 0 aliphatic carbocycles. The van der Waals surface area contributed by atoms with Crippen LogP contribution in [0.3, 0.4) is 0 Å². The second-order valence-electron chi connectivity index (χ2n) is 8.34. The van der Waals surface area contributed by atoms with E-state index in [9.17, 15) is 9.59 Å². The number of likely N-dealkylation sites (tertiary alicyclic amines) is 1. The molecule has 1 aliphatic rings. The molecule has 0 unspecified atom stereocenters. The van der Waals surface area contributed by atoms with Gasteiger partial charge in [0.1, 0.15) is 0 Å². The van der Waals surface area contributed by atoms with Gasteiger partial charge in [-0.25, -0.2) is 9.78 Å². The number of hydrogen-bond acceptors (Lipinski definition) is 5. The number of nitrogens with zero attached hydrogens (tertiary/aromatic N) is 3. The van der Waals surface area contributed by atoms with E-state index in [1.165, 1.54) is 16.9 Å². The smallest absolute Gasteiger partial charge is 0.409 e. The fraction of sp³-hybridized carbons (Fsp3) is 0.400. The molecule has 32 heavy (non-hydrogen) atoms. The molecular weight excluding hydrogens is 422 g/mol. The molecule has 0 bridgehead atoms. The van der Waals surface area contributed by atoms with Gasteiger partial charge in [-0.1, -0.05) is 49.4 Å². The first-order valence-electron chi connectivity index (χ1n) is 11.2. The Bertz CT molecular complexity index is 1050. The molecular formula is C25H29N3O3S. The maximum Gasteiger partial charge on any atom is 0.409 e. The third-order valence-electron chi connectivity index (χ3n) is 5.88. The first-order valence-corrected chi connectivity index (χ1v) is 12.0. The van der Waals surface area contributed by atoms with Gasteiger partial charge in [0.25, 0.3) is 0 Å². The number of thiazole rings is 1. The van der Waals surface area contributed by atoms with Crippen LogP contribution >= 0.6 is 11.3 Å². The number of para-hydroxylation sites is 1. The molecule has 1 fully saturated rings. The average Bonchev–Trinajstić information content (AvgIpc) is 3.23. The number of rotatable bonds is 5. The van der Waals surface area contributed by atoms with E-state index in [2.05, 4.69) is 26.0 Å². The molecule has 0 atom stereocenters.